The van der Waals surface area contributed by atoms with Gasteiger partial charge < -0.3 is 10.1 Å². The Morgan fingerprint density at radius 1 is 1.48 bits per heavy atom. The van der Waals surface area contributed by atoms with Gasteiger partial charge in [-0.15, -0.1) is 5.10 Å². The van der Waals surface area contributed by atoms with E-state index in [1.807, 2.05) is 38.1 Å². The molecule has 8 heteroatoms. The molecule has 1 aromatic carbocycles. The summed E-state index contributed by atoms with van der Waals surface area (Å²) in [7, 11) is 1.64. The summed E-state index contributed by atoms with van der Waals surface area (Å²) in [6.45, 7) is 5.08. The molecule has 1 amide bonds. The van der Waals surface area contributed by atoms with E-state index in [1.54, 1.807) is 11.8 Å². The third kappa shape index (κ3) is 5.04. The summed E-state index contributed by atoms with van der Waals surface area (Å²) in [6, 6.07) is 7.89. The molecule has 2 rings (SSSR count). The number of benzene rings is 1. The SMILES string of the molecule is COCCCNC(=O)C(C)Sc1nnnn1-c1cccc(C)c1. The molecule has 23 heavy (non-hydrogen) atoms. The van der Waals surface area contributed by atoms with Gasteiger partial charge in [-0.25, -0.2) is 0 Å². The van der Waals surface area contributed by atoms with Gasteiger partial charge in [-0.2, -0.15) is 4.68 Å². The minimum absolute atomic E-state index is 0.0371. The van der Waals surface area contributed by atoms with E-state index in [0.29, 0.717) is 18.3 Å². The Kier molecular flexibility index (Phi) is 6.54. The van der Waals surface area contributed by atoms with Gasteiger partial charge in [0.25, 0.3) is 0 Å². The number of rotatable bonds is 8. The van der Waals surface area contributed by atoms with E-state index < -0.39 is 0 Å². The van der Waals surface area contributed by atoms with Crippen LogP contribution in [-0.4, -0.2) is 51.6 Å². The molecule has 1 N–H and O–H groups in total. The summed E-state index contributed by atoms with van der Waals surface area (Å²) in [5.41, 5.74) is 2.00. The summed E-state index contributed by atoms with van der Waals surface area (Å²) in [4.78, 5) is 12.1. The molecule has 0 saturated carbocycles. The topological polar surface area (TPSA) is 81.9 Å². The van der Waals surface area contributed by atoms with Crippen molar-refractivity contribution in [1.29, 1.82) is 0 Å². The Labute approximate surface area is 139 Å². The zero-order chi connectivity index (χ0) is 16.7. The number of aromatic nitrogens is 4. The van der Waals surface area contributed by atoms with Crippen LogP contribution in [0.5, 0.6) is 0 Å². The normalized spacial score (nSPS) is 12.1. The van der Waals surface area contributed by atoms with E-state index in [1.165, 1.54) is 11.8 Å². The molecule has 2 aromatic rings. The van der Waals surface area contributed by atoms with Crippen LogP contribution in [0.25, 0.3) is 5.69 Å². The van der Waals surface area contributed by atoms with E-state index in [9.17, 15) is 4.79 Å². The largest absolute Gasteiger partial charge is 0.385 e. The first-order valence-electron chi connectivity index (χ1n) is 7.40. The van der Waals surface area contributed by atoms with Crippen molar-refractivity contribution in [3.8, 4) is 5.69 Å². The minimum Gasteiger partial charge on any atom is -0.385 e. The lowest BCUT2D eigenvalue weighted by Crippen LogP contribution is -2.32. The van der Waals surface area contributed by atoms with E-state index in [-0.39, 0.29) is 11.2 Å². The van der Waals surface area contributed by atoms with Crippen LogP contribution in [0.1, 0.15) is 18.9 Å². The maximum atomic E-state index is 12.1. The predicted octanol–water partition coefficient (Wildman–Crippen LogP) is 1.60. The second-order valence-corrected chi connectivity index (χ2v) is 6.42. The standard InChI is InChI=1S/C15H21N5O2S/c1-11-6-4-7-13(10-11)20-15(17-18-19-20)23-12(2)14(21)16-8-5-9-22-3/h4,6-7,10,12H,5,8-9H2,1-3H3,(H,16,21). The number of carbonyl (C=O) groups excluding carboxylic acids is 1. The average Bonchev–Trinajstić information content (AvgIpc) is 2.99. The molecule has 7 nitrogen and oxygen atoms in total. The molecule has 0 saturated heterocycles. The number of carbonyl (C=O) groups is 1. The van der Waals surface area contributed by atoms with Crippen molar-refractivity contribution in [2.75, 3.05) is 20.3 Å². The molecule has 0 spiro atoms. The molecule has 0 aliphatic heterocycles. The fourth-order valence-corrected chi connectivity index (χ4v) is 2.79. The molecule has 0 aliphatic carbocycles. The van der Waals surface area contributed by atoms with Crippen molar-refractivity contribution >= 4 is 17.7 Å². The van der Waals surface area contributed by atoms with Crippen molar-refractivity contribution in [3.63, 3.8) is 0 Å². The maximum absolute atomic E-state index is 12.1. The predicted molar refractivity (Wildman–Crippen MR) is 88.7 cm³/mol. The second kappa shape index (κ2) is 8.64. The van der Waals surface area contributed by atoms with Crippen LogP contribution in [0.3, 0.4) is 0 Å². The fraction of sp³-hybridized carbons (Fsp3) is 0.467. The maximum Gasteiger partial charge on any atom is 0.233 e. The molecular formula is C15H21N5O2S. The monoisotopic (exact) mass is 335 g/mol. The number of hydrogen-bond donors (Lipinski definition) is 1. The van der Waals surface area contributed by atoms with Gasteiger partial charge in [0, 0.05) is 20.3 Å². The Balaban J connectivity index is 1.98. The highest BCUT2D eigenvalue weighted by atomic mass is 32.2. The van der Waals surface area contributed by atoms with Crippen molar-refractivity contribution in [2.24, 2.45) is 0 Å². The van der Waals surface area contributed by atoms with Crippen LogP contribution >= 0.6 is 11.8 Å². The molecule has 0 fully saturated rings. The van der Waals surface area contributed by atoms with E-state index >= 15 is 0 Å². The van der Waals surface area contributed by atoms with Gasteiger partial charge in [-0.1, -0.05) is 23.9 Å². The van der Waals surface area contributed by atoms with Crippen LogP contribution in [0, 0.1) is 6.92 Å². The number of amides is 1. The Morgan fingerprint density at radius 2 is 2.30 bits per heavy atom. The van der Waals surface area contributed by atoms with Crippen LogP contribution < -0.4 is 5.32 Å². The lowest BCUT2D eigenvalue weighted by molar-refractivity contribution is -0.120. The molecule has 1 heterocycles. The number of ether oxygens (including phenoxy) is 1. The first kappa shape index (κ1) is 17.4. The van der Waals surface area contributed by atoms with Crippen molar-refractivity contribution < 1.29 is 9.53 Å². The Hall–Kier alpha value is -1.93. The van der Waals surface area contributed by atoms with Crippen LogP contribution in [0.15, 0.2) is 29.4 Å². The van der Waals surface area contributed by atoms with E-state index in [2.05, 4.69) is 20.8 Å². The third-order valence-corrected chi connectivity index (χ3v) is 4.20. The Bertz CT molecular complexity index is 646. The van der Waals surface area contributed by atoms with Gasteiger partial charge in [0.15, 0.2) is 0 Å². The summed E-state index contributed by atoms with van der Waals surface area (Å²) < 4.78 is 6.60. The van der Waals surface area contributed by atoms with Gasteiger partial charge in [-0.05, 0) is 48.4 Å². The molecule has 0 bridgehead atoms. The van der Waals surface area contributed by atoms with Gasteiger partial charge in [0.1, 0.15) is 0 Å². The summed E-state index contributed by atoms with van der Waals surface area (Å²) in [6.07, 6.45) is 0.792. The number of aryl methyl sites for hydroxylation is 1. The molecule has 0 aliphatic rings. The average molecular weight is 335 g/mol. The number of hydrogen-bond acceptors (Lipinski definition) is 6. The van der Waals surface area contributed by atoms with Crippen molar-refractivity contribution in [3.05, 3.63) is 29.8 Å². The number of thioether (sulfide) groups is 1. The minimum atomic E-state index is -0.285. The van der Waals surface area contributed by atoms with E-state index in [4.69, 9.17) is 4.74 Å². The number of tetrazole rings is 1. The highest BCUT2D eigenvalue weighted by Crippen LogP contribution is 2.23. The van der Waals surface area contributed by atoms with Gasteiger partial charge in [0.2, 0.25) is 11.1 Å². The summed E-state index contributed by atoms with van der Waals surface area (Å²) in [5.74, 6) is -0.0371. The molecule has 1 aromatic heterocycles. The van der Waals surface area contributed by atoms with Gasteiger partial charge in [0.05, 0.1) is 10.9 Å². The quantitative estimate of drug-likeness (QED) is 0.583. The zero-order valence-electron chi connectivity index (χ0n) is 13.5. The molecule has 124 valence electrons. The molecular weight excluding hydrogens is 314 g/mol. The fourth-order valence-electron chi connectivity index (χ4n) is 1.96. The van der Waals surface area contributed by atoms with Gasteiger partial charge >= 0.3 is 0 Å². The molecule has 0 radical (unpaired) electrons. The number of methoxy groups -OCH3 is 1. The highest BCUT2D eigenvalue weighted by Gasteiger charge is 2.18. The third-order valence-electron chi connectivity index (χ3n) is 3.16. The Morgan fingerprint density at radius 3 is 3.04 bits per heavy atom. The van der Waals surface area contributed by atoms with Crippen molar-refractivity contribution in [1.82, 2.24) is 25.5 Å². The van der Waals surface area contributed by atoms with Gasteiger partial charge in [-0.3, -0.25) is 4.79 Å². The van der Waals surface area contributed by atoms with E-state index in [0.717, 1.165) is 17.7 Å². The first-order chi connectivity index (χ1) is 11.1. The first-order valence-corrected chi connectivity index (χ1v) is 8.28. The highest BCUT2D eigenvalue weighted by molar-refractivity contribution is 8.00. The second-order valence-electron chi connectivity index (χ2n) is 5.11. The lowest BCUT2D eigenvalue weighted by Gasteiger charge is -2.11. The van der Waals surface area contributed by atoms with Crippen LogP contribution in [0.2, 0.25) is 0 Å². The lowest BCUT2D eigenvalue weighted by atomic mass is 10.2. The molecule has 1 unspecified atom stereocenters. The zero-order valence-corrected chi connectivity index (χ0v) is 14.3. The smallest absolute Gasteiger partial charge is 0.233 e. The van der Waals surface area contributed by atoms with Crippen LogP contribution in [0.4, 0.5) is 0 Å². The summed E-state index contributed by atoms with van der Waals surface area (Å²) in [5, 5.41) is 14.9. The van der Waals surface area contributed by atoms with Crippen molar-refractivity contribution in [2.45, 2.75) is 30.7 Å². The number of nitrogens with zero attached hydrogens (tertiary/aromatic N) is 4. The summed E-state index contributed by atoms with van der Waals surface area (Å²) >= 11 is 1.33. The number of nitrogens with one attached hydrogen (secondary N) is 1. The molecule has 1 atom stereocenters. The van der Waals surface area contributed by atoms with Crippen LogP contribution in [-0.2, 0) is 9.53 Å².